The summed E-state index contributed by atoms with van der Waals surface area (Å²) in [6.45, 7) is 0. The zero-order chi connectivity index (χ0) is 11.8. The van der Waals surface area contributed by atoms with Gasteiger partial charge in [0.15, 0.2) is 5.69 Å². The summed E-state index contributed by atoms with van der Waals surface area (Å²) >= 11 is 5.73. The second-order valence-corrected chi connectivity index (χ2v) is 3.56. The van der Waals surface area contributed by atoms with E-state index in [0.29, 0.717) is 10.7 Å². The van der Waals surface area contributed by atoms with Crippen LogP contribution >= 0.6 is 11.6 Å². The normalized spacial score (nSPS) is 11.8. The fraction of sp³-hybridized carbons (Fsp3) is 0.100. The first kappa shape index (κ1) is 11.0. The van der Waals surface area contributed by atoms with E-state index in [1.807, 2.05) is 0 Å². The van der Waals surface area contributed by atoms with Gasteiger partial charge in [-0.3, -0.25) is 0 Å². The van der Waals surface area contributed by atoms with Crippen LogP contribution in [-0.2, 0) is 6.18 Å². The molecule has 0 atom stereocenters. The van der Waals surface area contributed by atoms with Crippen molar-refractivity contribution in [1.82, 2.24) is 9.78 Å². The van der Waals surface area contributed by atoms with E-state index in [1.165, 1.54) is 12.3 Å². The van der Waals surface area contributed by atoms with Crippen LogP contribution in [0.2, 0.25) is 5.02 Å². The van der Waals surface area contributed by atoms with Crippen LogP contribution in [0.15, 0.2) is 36.5 Å². The van der Waals surface area contributed by atoms with Crippen LogP contribution < -0.4 is 0 Å². The van der Waals surface area contributed by atoms with Crippen molar-refractivity contribution >= 4 is 11.6 Å². The molecule has 2 aromatic rings. The molecule has 1 heterocycles. The van der Waals surface area contributed by atoms with E-state index in [2.05, 4.69) is 5.10 Å². The Hall–Kier alpha value is -1.49. The van der Waals surface area contributed by atoms with Gasteiger partial charge in [-0.05, 0) is 24.3 Å². The highest BCUT2D eigenvalue weighted by Crippen LogP contribution is 2.28. The average Bonchev–Trinajstić information content (AvgIpc) is 2.65. The third-order valence-corrected chi connectivity index (χ3v) is 2.19. The Morgan fingerprint density at radius 2 is 1.94 bits per heavy atom. The molecule has 0 saturated carbocycles. The van der Waals surface area contributed by atoms with Gasteiger partial charge in [0.1, 0.15) is 0 Å². The third-order valence-electron chi connectivity index (χ3n) is 1.95. The molecule has 1 aromatic heterocycles. The summed E-state index contributed by atoms with van der Waals surface area (Å²) in [6.07, 6.45) is -3.18. The molecule has 2 nitrogen and oxygen atoms in total. The molecule has 0 fully saturated rings. The predicted octanol–water partition coefficient (Wildman–Crippen LogP) is 3.54. The van der Waals surface area contributed by atoms with Crippen LogP contribution in [-0.4, -0.2) is 9.78 Å². The number of rotatable bonds is 1. The number of nitrogens with zero attached hydrogens (tertiary/aromatic N) is 2. The fourth-order valence-corrected chi connectivity index (χ4v) is 1.42. The molecular formula is C10H6ClF3N2. The number of benzene rings is 1. The standard InChI is InChI=1S/C10H6ClF3N2/c11-7-2-1-3-8(6-7)16-5-4-9(15-16)10(12,13)14/h1-6H. The zero-order valence-corrected chi connectivity index (χ0v) is 8.63. The van der Waals surface area contributed by atoms with Gasteiger partial charge in [-0.15, -0.1) is 0 Å². The molecule has 16 heavy (non-hydrogen) atoms. The first-order valence-corrected chi connectivity index (χ1v) is 4.73. The van der Waals surface area contributed by atoms with Crippen LogP contribution in [0, 0.1) is 0 Å². The summed E-state index contributed by atoms with van der Waals surface area (Å²) in [4.78, 5) is 0. The fourth-order valence-electron chi connectivity index (χ4n) is 1.24. The highest BCUT2D eigenvalue weighted by atomic mass is 35.5. The second-order valence-electron chi connectivity index (χ2n) is 3.12. The van der Waals surface area contributed by atoms with E-state index in [9.17, 15) is 13.2 Å². The third kappa shape index (κ3) is 2.19. The van der Waals surface area contributed by atoms with Gasteiger partial charge in [0.25, 0.3) is 0 Å². The monoisotopic (exact) mass is 246 g/mol. The molecule has 0 unspecified atom stereocenters. The molecule has 0 saturated heterocycles. The van der Waals surface area contributed by atoms with Crippen molar-refractivity contribution in [2.45, 2.75) is 6.18 Å². The highest BCUT2D eigenvalue weighted by molar-refractivity contribution is 6.30. The van der Waals surface area contributed by atoms with Gasteiger partial charge in [0.05, 0.1) is 5.69 Å². The topological polar surface area (TPSA) is 17.8 Å². The van der Waals surface area contributed by atoms with Crippen LogP contribution in [0.4, 0.5) is 13.2 Å². The zero-order valence-electron chi connectivity index (χ0n) is 7.87. The Kier molecular flexibility index (Phi) is 2.63. The van der Waals surface area contributed by atoms with Gasteiger partial charge in [0, 0.05) is 11.2 Å². The number of halogens is 4. The first-order valence-electron chi connectivity index (χ1n) is 4.35. The Morgan fingerprint density at radius 3 is 2.50 bits per heavy atom. The lowest BCUT2D eigenvalue weighted by atomic mass is 10.3. The second kappa shape index (κ2) is 3.83. The maximum atomic E-state index is 12.3. The molecular weight excluding hydrogens is 241 g/mol. The molecule has 0 aliphatic carbocycles. The predicted molar refractivity (Wildman–Crippen MR) is 53.6 cm³/mol. The van der Waals surface area contributed by atoms with Crippen molar-refractivity contribution < 1.29 is 13.2 Å². The molecule has 0 aliphatic heterocycles. The van der Waals surface area contributed by atoms with Gasteiger partial charge in [-0.1, -0.05) is 17.7 Å². The van der Waals surface area contributed by atoms with Gasteiger partial charge in [-0.25, -0.2) is 4.68 Å². The molecule has 0 spiro atoms. The summed E-state index contributed by atoms with van der Waals surface area (Å²) in [5, 5.41) is 3.87. The molecule has 0 N–H and O–H groups in total. The highest BCUT2D eigenvalue weighted by Gasteiger charge is 2.33. The number of alkyl halides is 3. The van der Waals surface area contributed by atoms with E-state index in [0.717, 1.165) is 10.7 Å². The maximum absolute atomic E-state index is 12.3. The maximum Gasteiger partial charge on any atom is 0.435 e. The van der Waals surface area contributed by atoms with Gasteiger partial charge in [-0.2, -0.15) is 18.3 Å². The van der Waals surface area contributed by atoms with E-state index in [1.54, 1.807) is 18.2 Å². The Bertz CT molecular complexity index is 505. The summed E-state index contributed by atoms with van der Waals surface area (Å²) in [7, 11) is 0. The molecule has 0 radical (unpaired) electrons. The summed E-state index contributed by atoms with van der Waals surface area (Å²) in [5.41, 5.74) is -0.435. The Balaban J connectivity index is 2.39. The minimum atomic E-state index is -4.43. The lowest BCUT2D eigenvalue weighted by Gasteiger charge is -2.03. The van der Waals surface area contributed by atoms with Crippen molar-refractivity contribution in [3.05, 3.63) is 47.2 Å². The minimum Gasteiger partial charge on any atom is -0.240 e. The van der Waals surface area contributed by atoms with Gasteiger partial charge in [0.2, 0.25) is 0 Å². The van der Waals surface area contributed by atoms with Crippen LogP contribution in [0.1, 0.15) is 5.69 Å². The first-order chi connectivity index (χ1) is 7.47. The quantitative estimate of drug-likeness (QED) is 0.752. The Labute approximate surface area is 94.3 Å². The smallest absolute Gasteiger partial charge is 0.240 e. The SMILES string of the molecule is FC(F)(F)c1ccn(-c2cccc(Cl)c2)n1. The molecule has 84 valence electrons. The summed E-state index contributed by atoms with van der Waals surface area (Å²) in [6, 6.07) is 7.36. The molecule has 6 heteroatoms. The Morgan fingerprint density at radius 1 is 1.19 bits per heavy atom. The van der Waals surface area contributed by atoms with E-state index >= 15 is 0 Å². The minimum absolute atomic E-state index is 0.446. The molecule has 2 rings (SSSR count). The van der Waals surface area contributed by atoms with Crippen LogP contribution in [0.3, 0.4) is 0 Å². The van der Waals surface area contributed by atoms with Gasteiger partial charge < -0.3 is 0 Å². The van der Waals surface area contributed by atoms with Crippen molar-refractivity contribution in [3.63, 3.8) is 0 Å². The number of hydrogen-bond donors (Lipinski definition) is 0. The van der Waals surface area contributed by atoms with E-state index < -0.39 is 11.9 Å². The molecule has 0 bridgehead atoms. The van der Waals surface area contributed by atoms with Gasteiger partial charge >= 0.3 is 6.18 Å². The summed E-state index contributed by atoms with van der Waals surface area (Å²) < 4.78 is 38.0. The van der Waals surface area contributed by atoms with E-state index in [-0.39, 0.29) is 0 Å². The van der Waals surface area contributed by atoms with Crippen molar-refractivity contribution in [2.75, 3.05) is 0 Å². The number of hydrogen-bond acceptors (Lipinski definition) is 1. The van der Waals surface area contributed by atoms with Crippen LogP contribution in [0.25, 0.3) is 5.69 Å². The molecule has 0 amide bonds. The van der Waals surface area contributed by atoms with Crippen molar-refractivity contribution in [3.8, 4) is 5.69 Å². The van der Waals surface area contributed by atoms with Crippen LogP contribution in [0.5, 0.6) is 0 Å². The lowest BCUT2D eigenvalue weighted by Crippen LogP contribution is -2.07. The average molecular weight is 247 g/mol. The van der Waals surface area contributed by atoms with Crippen molar-refractivity contribution in [2.24, 2.45) is 0 Å². The largest absolute Gasteiger partial charge is 0.435 e. The summed E-state index contributed by atoms with van der Waals surface area (Å²) in [5.74, 6) is 0. The number of aromatic nitrogens is 2. The lowest BCUT2D eigenvalue weighted by molar-refractivity contribution is -0.141. The molecule has 1 aromatic carbocycles. The van der Waals surface area contributed by atoms with Crippen molar-refractivity contribution in [1.29, 1.82) is 0 Å². The van der Waals surface area contributed by atoms with E-state index in [4.69, 9.17) is 11.6 Å². The molecule has 0 aliphatic rings.